The number of para-hydroxylation sites is 1. The third kappa shape index (κ3) is 6.74. The Morgan fingerprint density at radius 2 is 1.40 bits per heavy atom. The van der Waals surface area contributed by atoms with E-state index in [9.17, 15) is 0 Å². The van der Waals surface area contributed by atoms with Crippen LogP contribution >= 0.6 is 23.2 Å². The second-order valence-corrected chi connectivity index (χ2v) is 11.7. The highest BCUT2D eigenvalue weighted by atomic mass is 35.5. The van der Waals surface area contributed by atoms with Crippen LogP contribution in [-0.4, -0.2) is 64.5 Å². The van der Waals surface area contributed by atoms with Crippen LogP contribution in [0.4, 0.5) is 5.82 Å². The van der Waals surface area contributed by atoms with Gasteiger partial charge in [-0.3, -0.25) is 14.8 Å². The number of hydrogen-bond acceptors (Lipinski definition) is 6. The van der Waals surface area contributed by atoms with Crippen LogP contribution in [0.1, 0.15) is 28.7 Å². The third-order valence-electron chi connectivity index (χ3n) is 7.93. The highest BCUT2D eigenvalue weighted by Crippen LogP contribution is 2.32. The molecule has 0 atom stereocenters. The van der Waals surface area contributed by atoms with Gasteiger partial charge in [0.25, 0.3) is 0 Å². The largest absolute Gasteiger partial charge is 0.359 e. The number of pyridine rings is 1. The average Bonchev–Trinajstić information content (AvgIpc) is 3.03. The molecule has 0 saturated carbocycles. The van der Waals surface area contributed by atoms with E-state index < -0.39 is 0 Å². The molecule has 42 heavy (non-hydrogen) atoms. The van der Waals surface area contributed by atoms with Crippen molar-refractivity contribution in [2.75, 3.05) is 44.7 Å². The van der Waals surface area contributed by atoms with E-state index in [0.717, 1.165) is 77.4 Å². The Hall–Kier alpha value is -3.55. The maximum atomic E-state index is 6.22. The van der Waals surface area contributed by atoms with Crippen molar-refractivity contribution in [3.8, 4) is 0 Å². The van der Waals surface area contributed by atoms with Gasteiger partial charge in [0.1, 0.15) is 11.6 Å². The molecule has 0 N–H and O–H groups in total. The van der Waals surface area contributed by atoms with E-state index in [-0.39, 0.29) is 6.04 Å². The molecule has 3 aromatic carbocycles. The van der Waals surface area contributed by atoms with Gasteiger partial charge in [0, 0.05) is 73.5 Å². The Morgan fingerprint density at radius 3 is 2.05 bits per heavy atom. The van der Waals surface area contributed by atoms with Crippen molar-refractivity contribution in [3.05, 3.63) is 130 Å². The average molecular weight is 598 g/mol. The van der Waals surface area contributed by atoms with Crippen molar-refractivity contribution >= 4 is 39.9 Å². The summed E-state index contributed by atoms with van der Waals surface area (Å²) < 4.78 is 0. The molecule has 1 aliphatic rings. The molecule has 2 aromatic heterocycles. The number of aromatic nitrogens is 3. The van der Waals surface area contributed by atoms with E-state index in [1.54, 1.807) is 0 Å². The summed E-state index contributed by atoms with van der Waals surface area (Å²) in [7, 11) is 2.11. The van der Waals surface area contributed by atoms with E-state index >= 15 is 0 Å². The molecule has 0 radical (unpaired) electrons. The van der Waals surface area contributed by atoms with Gasteiger partial charge < -0.3 is 4.90 Å². The summed E-state index contributed by atoms with van der Waals surface area (Å²) in [6.45, 7) is 5.26. The van der Waals surface area contributed by atoms with Gasteiger partial charge >= 0.3 is 0 Å². The standard InChI is InChI=1S/C34H34Cl2N6/c1-40(19-17-29-6-4-5-18-37-29)34-30-7-2-3-8-31(30)38-32(39-34)24-41-20-22-42(23-21-41)33(25-9-13-27(35)14-10-25)26-11-15-28(36)16-12-26/h2-16,18,33H,17,19-24H2,1H3. The van der Waals surface area contributed by atoms with E-state index in [1.807, 2.05) is 48.7 Å². The number of anilines is 1. The van der Waals surface area contributed by atoms with Crippen molar-refractivity contribution in [2.45, 2.75) is 19.0 Å². The van der Waals surface area contributed by atoms with Gasteiger partial charge in [-0.1, -0.05) is 65.7 Å². The zero-order chi connectivity index (χ0) is 28.9. The van der Waals surface area contributed by atoms with Crippen LogP contribution in [0.15, 0.2) is 97.2 Å². The normalized spacial score (nSPS) is 14.5. The monoisotopic (exact) mass is 596 g/mol. The fourth-order valence-corrected chi connectivity index (χ4v) is 5.94. The molecule has 6 rings (SSSR count). The molecule has 0 bridgehead atoms. The summed E-state index contributed by atoms with van der Waals surface area (Å²) in [5.41, 5.74) is 4.51. The Kier molecular flexibility index (Phi) is 8.96. The molecular formula is C34H34Cl2N6. The smallest absolute Gasteiger partial charge is 0.145 e. The zero-order valence-corrected chi connectivity index (χ0v) is 25.2. The third-order valence-corrected chi connectivity index (χ3v) is 8.43. The van der Waals surface area contributed by atoms with Crippen molar-refractivity contribution in [1.29, 1.82) is 0 Å². The number of fused-ring (bicyclic) bond motifs is 1. The molecular weight excluding hydrogens is 563 g/mol. The summed E-state index contributed by atoms with van der Waals surface area (Å²) in [5, 5.41) is 2.56. The number of rotatable bonds is 9. The second kappa shape index (κ2) is 13.2. The topological polar surface area (TPSA) is 48.4 Å². The van der Waals surface area contributed by atoms with Gasteiger partial charge in [-0.05, 0) is 59.7 Å². The van der Waals surface area contributed by atoms with Gasteiger partial charge in [-0.2, -0.15) is 0 Å². The van der Waals surface area contributed by atoms with Gasteiger partial charge in [0.2, 0.25) is 0 Å². The first-order valence-electron chi connectivity index (χ1n) is 14.4. The van der Waals surface area contributed by atoms with Crippen LogP contribution in [0.25, 0.3) is 10.9 Å². The maximum absolute atomic E-state index is 6.22. The van der Waals surface area contributed by atoms with Crippen molar-refractivity contribution in [3.63, 3.8) is 0 Å². The van der Waals surface area contributed by atoms with Crippen LogP contribution < -0.4 is 4.90 Å². The SMILES string of the molecule is CN(CCc1ccccn1)c1nc(CN2CCN(C(c3ccc(Cl)cc3)c3ccc(Cl)cc3)CC2)nc2ccccc12. The van der Waals surface area contributed by atoms with Crippen LogP contribution in [0.2, 0.25) is 10.0 Å². The molecule has 214 valence electrons. The Balaban J connectivity index is 1.17. The maximum Gasteiger partial charge on any atom is 0.145 e. The van der Waals surface area contributed by atoms with Crippen molar-refractivity contribution < 1.29 is 0 Å². The lowest BCUT2D eigenvalue weighted by molar-refractivity contribution is 0.103. The first kappa shape index (κ1) is 28.6. The molecule has 1 aliphatic heterocycles. The lowest BCUT2D eigenvalue weighted by atomic mass is 9.96. The van der Waals surface area contributed by atoms with Crippen LogP contribution in [0.5, 0.6) is 0 Å². The minimum Gasteiger partial charge on any atom is -0.359 e. The molecule has 1 fully saturated rings. The van der Waals surface area contributed by atoms with Gasteiger partial charge in [-0.25, -0.2) is 9.97 Å². The minimum atomic E-state index is 0.137. The lowest BCUT2D eigenvalue weighted by Gasteiger charge is -2.39. The zero-order valence-electron chi connectivity index (χ0n) is 23.7. The van der Waals surface area contributed by atoms with Crippen LogP contribution in [0.3, 0.4) is 0 Å². The molecule has 0 amide bonds. The fraction of sp³-hybridized carbons (Fsp3) is 0.265. The highest BCUT2D eigenvalue weighted by molar-refractivity contribution is 6.30. The van der Waals surface area contributed by atoms with E-state index in [0.29, 0.717) is 6.54 Å². The van der Waals surface area contributed by atoms with Crippen molar-refractivity contribution in [2.24, 2.45) is 0 Å². The summed E-state index contributed by atoms with van der Waals surface area (Å²) in [4.78, 5) is 21.8. The molecule has 1 saturated heterocycles. The number of nitrogens with zero attached hydrogens (tertiary/aromatic N) is 6. The van der Waals surface area contributed by atoms with Crippen LogP contribution in [-0.2, 0) is 13.0 Å². The van der Waals surface area contributed by atoms with Crippen LogP contribution in [0, 0.1) is 0 Å². The Morgan fingerprint density at radius 1 is 0.762 bits per heavy atom. The quantitative estimate of drug-likeness (QED) is 0.184. The molecule has 0 aliphatic carbocycles. The summed E-state index contributed by atoms with van der Waals surface area (Å²) >= 11 is 12.4. The van der Waals surface area contributed by atoms with E-state index in [1.165, 1.54) is 11.1 Å². The molecule has 0 spiro atoms. The first-order chi connectivity index (χ1) is 20.5. The predicted octanol–water partition coefficient (Wildman–Crippen LogP) is 6.92. The van der Waals surface area contributed by atoms with Gasteiger partial charge in [0.15, 0.2) is 0 Å². The number of piperazine rings is 1. The second-order valence-electron chi connectivity index (χ2n) is 10.8. The highest BCUT2D eigenvalue weighted by Gasteiger charge is 2.27. The lowest BCUT2D eigenvalue weighted by Crippen LogP contribution is -2.47. The van der Waals surface area contributed by atoms with Gasteiger partial charge in [0.05, 0.1) is 18.1 Å². The van der Waals surface area contributed by atoms with Crippen molar-refractivity contribution in [1.82, 2.24) is 24.8 Å². The Labute approximate surface area is 257 Å². The summed E-state index contributed by atoms with van der Waals surface area (Å²) in [5.74, 6) is 1.82. The molecule has 0 unspecified atom stereocenters. The predicted molar refractivity (Wildman–Crippen MR) is 172 cm³/mol. The first-order valence-corrected chi connectivity index (χ1v) is 15.1. The summed E-state index contributed by atoms with van der Waals surface area (Å²) in [6, 6.07) is 30.9. The number of likely N-dealkylation sites (N-methyl/N-ethyl adjacent to an activating group) is 1. The molecule has 6 nitrogen and oxygen atoms in total. The van der Waals surface area contributed by atoms with E-state index in [4.69, 9.17) is 33.2 Å². The van der Waals surface area contributed by atoms with E-state index in [2.05, 4.69) is 75.3 Å². The van der Waals surface area contributed by atoms with Gasteiger partial charge in [-0.15, -0.1) is 0 Å². The Bertz CT molecular complexity index is 1560. The fourth-order valence-electron chi connectivity index (χ4n) is 5.69. The number of benzene rings is 3. The number of halogens is 2. The molecule has 5 aromatic rings. The molecule has 8 heteroatoms. The number of hydrogen-bond donors (Lipinski definition) is 0. The summed E-state index contributed by atoms with van der Waals surface area (Å²) in [6.07, 6.45) is 2.70. The molecule has 3 heterocycles. The minimum absolute atomic E-state index is 0.137.